The molecule has 2 heterocycles. The molecule has 2 aromatic heterocycles. The van der Waals surface area contributed by atoms with Gasteiger partial charge in [-0.15, -0.1) is 0 Å². The number of fused-ring (bicyclic) bond motifs is 3. The molecule has 1 aromatic carbocycles. The standard InChI is InChI=1S/C11H9N3O3/c1-17-5-2-3-6-7(4-5)12-10(15)8-9(6)13-14-11(8)16/h2-4H,1H3,(H,12,15)(H2,13,14,16). The summed E-state index contributed by atoms with van der Waals surface area (Å²) in [4.78, 5) is 15.4. The number of aromatic nitrogens is 3. The maximum absolute atomic E-state index is 11.5. The lowest BCUT2D eigenvalue weighted by Crippen LogP contribution is -1.98. The predicted molar refractivity (Wildman–Crippen MR) is 62.4 cm³/mol. The predicted octanol–water partition coefficient (Wildman–Crippen LogP) is 1.12. The number of ether oxygens (including phenoxy) is 1. The molecule has 86 valence electrons. The summed E-state index contributed by atoms with van der Waals surface area (Å²) in [6.07, 6.45) is 0. The molecule has 0 saturated heterocycles. The number of benzene rings is 1. The Kier molecular flexibility index (Phi) is 1.85. The number of methoxy groups -OCH3 is 1. The number of nitrogens with zero attached hydrogens (tertiary/aromatic N) is 1. The Hall–Kier alpha value is -2.50. The van der Waals surface area contributed by atoms with Gasteiger partial charge in [0.15, 0.2) is 0 Å². The van der Waals surface area contributed by atoms with E-state index in [1.807, 2.05) is 0 Å². The van der Waals surface area contributed by atoms with Crippen LogP contribution in [0.3, 0.4) is 0 Å². The molecule has 0 radical (unpaired) electrons. The van der Waals surface area contributed by atoms with Crippen molar-refractivity contribution in [3.8, 4) is 11.6 Å². The van der Waals surface area contributed by atoms with E-state index in [4.69, 9.17) is 4.74 Å². The van der Waals surface area contributed by atoms with Crippen molar-refractivity contribution in [3.05, 3.63) is 28.6 Å². The highest BCUT2D eigenvalue weighted by Gasteiger charge is 2.12. The summed E-state index contributed by atoms with van der Waals surface area (Å²) in [5, 5.41) is 15.8. The molecule has 0 aliphatic carbocycles. The van der Waals surface area contributed by atoms with E-state index in [2.05, 4.69) is 15.2 Å². The highest BCUT2D eigenvalue weighted by atomic mass is 16.5. The summed E-state index contributed by atoms with van der Waals surface area (Å²) in [5.41, 5.74) is 0.715. The van der Waals surface area contributed by atoms with Crippen LogP contribution < -0.4 is 10.3 Å². The molecule has 6 nitrogen and oxygen atoms in total. The maximum Gasteiger partial charge on any atom is 0.277 e. The molecule has 17 heavy (non-hydrogen) atoms. The van der Waals surface area contributed by atoms with Crippen LogP contribution >= 0.6 is 0 Å². The molecule has 0 fully saturated rings. The van der Waals surface area contributed by atoms with E-state index < -0.39 is 0 Å². The Morgan fingerprint density at radius 3 is 2.94 bits per heavy atom. The minimum absolute atomic E-state index is 0.169. The lowest BCUT2D eigenvalue weighted by atomic mass is 10.1. The van der Waals surface area contributed by atoms with E-state index in [0.29, 0.717) is 16.8 Å². The van der Waals surface area contributed by atoms with Crippen molar-refractivity contribution < 1.29 is 9.84 Å². The van der Waals surface area contributed by atoms with E-state index in [-0.39, 0.29) is 16.8 Å². The van der Waals surface area contributed by atoms with Crippen molar-refractivity contribution in [1.82, 2.24) is 15.2 Å². The summed E-state index contributed by atoms with van der Waals surface area (Å²) in [6, 6.07) is 5.25. The van der Waals surface area contributed by atoms with Crippen LogP contribution in [0.1, 0.15) is 0 Å². The number of rotatable bonds is 1. The smallest absolute Gasteiger partial charge is 0.277 e. The fourth-order valence-corrected chi connectivity index (χ4v) is 1.89. The first-order chi connectivity index (χ1) is 8.20. The molecule has 0 amide bonds. The van der Waals surface area contributed by atoms with Crippen molar-refractivity contribution in [2.75, 3.05) is 7.11 Å². The number of aromatic amines is 2. The molecule has 0 spiro atoms. The first-order valence-electron chi connectivity index (χ1n) is 4.98. The average Bonchev–Trinajstić information content (AvgIpc) is 2.71. The second kappa shape index (κ2) is 3.24. The van der Waals surface area contributed by atoms with Crippen LogP contribution in [-0.2, 0) is 0 Å². The third-order valence-electron chi connectivity index (χ3n) is 2.70. The van der Waals surface area contributed by atoms with Crippen LogP contribution in [0.2, 0.25) is 0 Å². The van der Waals surface area contributed by atoms with Gasteiger partial charge < -0.3 is 9.84 Å². The summed E-state index contributed by atoms with van der Waals surface area (Å²) < 4.78 is 5.08. The number of pyridine rings is 1. The fraction of sp³-hybridized carbons (Fsp3) is 0.0909. The normalized spacial score (nSPS) is 11.1. The van der Waals surface area contributed by atoms with Gasteiger partial charge in [0.25, 0.3) is 5.56 Å². The van der Waals surface area contributed by atoms with Crippen LogP contribution in [0.5, 0.6) is 11.6 Å². The molecule has 0 saturated carbocycles. The van der Waals surface area contributed by atoms with Gasteiger partial charge in [0.05, 0.1) is 18.1 Å². The summed E-state index contributed by atoms with van der Waals surface area (Å²) in [6.45, 7) is 0. The molecular formula is C11H9N3O3. The number of nitrogens with one attached hydrogen (secondary N) is 2. The van der Waals surface area contributed by atoms with Gasteiger partial charge in [0.1, 0.15) is 11.1 Å². The molecule has 6 heteroatoms. The largest absolute Gasteiger partial charge is 0.497 e. The SMILES string of the molecule is COc1ccc2c(c1)nc(O)c1c(=O)[nH][nH]c12. The monoisotopic (exact) mass is 231 g/mol. The third kappa shape index (κ3) is 1.27. The second-order valence-electron chi connectivity index (χ2n) is 3.65. The van der Waals surface area contributed by atoms with Crippen molar-refractivity contribution in [2.45, 2.75) is 0 Å². The molecule has 0 bridgehead atoms. The zero-order valence-electron chi connectivity index (χ0n) is 8.94. The Morgan fingerprint density at radius 2 is 2.18 bits per heavy atom. The third-order valence-corrected chi connectivity index (χ3v) is 2.70. The van der Waals surface area contributed by atoms with E-state index >= 15 is 0 Å². The summed E-state index contributed by atoms with van der Waals surface area (Å²) >= 11 is 0. The van der Waals surface area contributed by atoms with Crippen LogP contribution in [0.25, 0.3) is 21.8 Å². The average molecular weight is 231 g/mol. The minimum Gasteiger partial charge on any atom is -0.497 e. The Bertz CT molecular complexity index is 773. The van der Waals surface area contributed by atoms with Crippen molar-refractivity contribution in [2.24, 2.45) is 0 Å². The topological polar surface area (TPSA) is 91.0 Å². The first-order valence-corrected chi connectivity index (χ1v) is 4.98. The van der Waals surface area contributed by atoms with Gasteiger partial charge in [0.2, 0.25) is 5.88 Å². The van der Waals surface area contributed by atoms with Gasteiger partial charge in [-0.25, -0.2) is 4.98 Å². The van der Waals surface area contributed by atoms with Crippen LogP contribution in [0, 0.1) is 0 Å². The molecule has 3 rings (SSSR count). The Morgan fingerprint density at radius 1 is 1.35 bits per heavy atom. The Balaban J connectivity index is 2.53. The number of hydrogen-bond donors (Lipinski definition) is 3. The number of hydrogen-bond acceptors (Lipinski definition) is 4. The van der Waals surface area contributed by atoms with Crippen molar-refractivity contribution in [1.29, 1.82) is 0 Å². The lowest BCUT2D eigenvalue weighted by Gasteiger charge is -2.03. The van der Waals surface area contributed by atoms with E-state index in [0.717, 1.165) is 5.39 Å². The summed E-state index contributed by atoms with van der Waals surface area (Å²) in [5.74, 6) is 0.352. The van der Waals surface area contributed by atoms with Gasteiger partial charge in [-0.05, 0) is 12.1 Å². The molecular weight excluding hydrogens is 222 g/mol. The van der Waals surface area contributed by atoms with Crippen molar-refractivity contribution >= 4 is 21.8 Å². The zero-order chi connectivity index (χ0) is 12.0. The quantitative estimate of drug-likeness (QED) is 0.585. The zero-order valence-corrected chi connectivity index (χ0v) is 8.94. The fourth-order valence-electron chi connectivity index (χ4n) is 1.89. The molecule has 0 atom stereocenters. The molecule has 3 aromatic rings. The highest BCUT2D eigenvalue weighted by Crippen LogP contribution is 2.28. The second-order valence-corrected chi connectivity index (χ2v) is 3.65. The minimum atomic E-state index is -0.386. The highest BCUT2D eigenvalue weighted by molar-refractivity contribution is 6.05. The first kappa shape index (κ1) is 9.71. The van der Waals surface area contributed by atoms with Crippen LogP contribution in [-0.4, -0.2) is 27.4 Å². The lowest BCUT2D eigenvalue weighted by molar-refractivity contribution is 0.415. The molecule has 0 unspecified atom stereocenters. The van der Waals surface area contributed by atoms with Crippen molar-refractivity contribution in [3.63, 3.8) is 0 Å². The molecule has 3 N–H and O–H groups in total. The van der Waals surface area contributed by atoms with E-state index in [1.54, 1.807) is 25.3 Å². The maximum atomic E-state index is 11.5. The number of aromatic hydroxyl groups is 1. The van der Waals surface area contributed by atoms with Gasteiger partial charge in [-0.2, -0.15) is 0 Å². The molecule has 0 aliphatic heterocycles. The van der Waals surface area contributed by atoms with Crippen LogP contribution in [0.4, 0.5) is 0 Å². The van der Waals surface area contributed by atoms with Crippen LogP contribution in [0.15, 0.2) is 23.0 Å². The van der Waals surface area contributed by atoms with Gasteiger partial charge >= 0.3 is 0 Å². The van der Waals surface area contributed by atoms with E-state index in [1.165, 1.54) is 0 Å². The van der Waals surface area contributed by atoms with Gasteiger partial charge in [-0.3, -0.25) is 15.0 Å². The Labute approximate surface area is 94.8 Å². The van der Waals surface area contributed by atoms with Gasteiger partial charge in [0, 0.05) is 11.5 Å². The van der Waals surface area contributed by atoms with E-state index in [9.17, 15) is 9.90 Å². The summed E-state index contributed by atoms with van der Waals surface area (Å²) in [7, 11) is 1.55. The van der Waals surface area contributed by atoms with Gasteiger partial charge in [-0.1, -0.05) is 0 Å². The molecule has 0 aliphatic rings. The number of H-pyrrole nitrogens is 2.